The Morgan fingerprint density at radius 1 is 1.29 bits per heavy atom. The fraction of sp³-hybridized carbons (Fsp3) is 0.143. The third-order valence-corrected chi connectivity index (χ3v) is 2.92. The normalized spacial score (nSPS) is 26.4. The molecule has 0 aliphatic heterocycles. The Hall–Kier alpha value is -2.16. The number of fused-ring (bicyclic) bond motifs is 1. The van der Waals surface area contributed by atoms with Crippen molar-refractivity contribution in [2.24, 2.45) is 11.8 Å². The second-order valence-corrected chi connectivity index (χ2v) is 3.92. The molecule has 0 spiro atoms. The van der Waals surface area contributed by atoms with Gasteiger partial charge in [-0.05, 0) is 0 Å². The van der Waals surface area contributed by atoms with E-state index in [9.17, 15) is 10.1 Å². The monoisotopic (exact) mass is 227 g/mol. The molecular weight excluding hydrogens is 214 g/mol. The maximum Gasteiger partial charge on any atom is 0.272 e. The van der Waals surface area contributed by atoms with E-state index in [0.29, 0.717) is 0 Å². The molecule has 0 aromatic heterocycles. The Kier molecular flexibility index (Phi) is 3.19. The van der Waals surface area contributed by atoms with Gasteiger partial charge in [0, 0.05) is 23.5 Å². The maximum atomic E-state index is 11.0. The molecule has 0 aromatic rings. The summed E-state index contributed by atoms with van der Waals surface area (Å²) in [6.45, 7) is 3.59. The van der Waals surface area contributed by atoms with Crippen LogP contribution in [-0.4, -0.2) is 4.92 Å². The van der Waals surface area contributed by atoms with Crippen LogP contribution in [0.15, 0.2) is 72.5 Å². The van der Waals surface area contributed by atoms with E-state index in [1.165, 1.54) is 0 Å². The summed E-state index contributed by atoms with van der Waals surface area (Å²) in [5, 5.41) is 11.0. The van der Waals surface area contributed by atoms with Crippen molar-refractivity contribution < 1.29 is 4.92 Å². The standard InChI is InChI=1S/C14H13NO2/c1-2-3-7-13-12-8-5-4-6-11(12)9-10-14(13)15(16)17/h2-12H,1H2/b7-3+. The molecule has 2 rings (SSSR count). The number of nitrogens with zero attached hydrogens (tertiary/aromatic N) is 1. The van der Waals surface area contributed by atoms with Gasteiger partial charge in [-0.25, -0.2) is 0 Å². The molecule has 0 fully saturated rings. The summed E-state index contributed by atoms with van der Waals surface area (Å²) in [5.41, 5.74) is 0.910. The van der Waals surface area contributed by atoms with Crippen LogP contribution < -0.4 is 0 Å². The maximum absolute atomic E-state index is 11.0. The molecule has 2 unspecified atom stereocenters. The van der Waals surface area contributed by atoms with Crippen molar-refractivity contribution in [3.8, 4) is 0 Å². The molecular formula is C14H13NO2. The van der Waals surface area contributed by atoms with Crippen molar-refractivity contribution >= 4 is 0 Å². The van der Waals surface area contributed by atoms with E-state index in [1.807, 2.05) is 24.3 Å². The van der Waals surface area contributed by atoms with Crippen molar-refractivity contribution in [1.29, 1.82) is 0 Å². The molecule has 0 radical (unpaired) electrons. The molecule has 0 bridgehead atoms. The van der Waals surface area contributed by atoms with Crippen LogP contribution >= 0.6 is 0 Å². The predicted octanol–water partition coefficient (Wildman–Crippen LogP) is 3.19. The molecule has 2 aliphatic carbocycles. The van der Waals surface area contributed by atoms with E-state index in [4.69, 9.17) is 0 Å². The zero-order valence-corrected chi connectivity index (χ0v) is 9.32. The molecule has 86 valence electrons. The molecule has 0 heterocycles. The van der Waals surface area contributed by atoms with Gasteiger partial charge in [0.2, 0.25) is 0 Å². The number of nitro groups is 1. The lowest BCUT2D eigenvalue weighted by atomic mass is 9.78. The van der Waals surface area contributed by atoms with Crippen LogP contribution in [0.25, 0.3) is 0 Å². The minimum absolute atomic E-state index is 0.0570. The highest BCUT2D eigenvalue weighted by molar-refractivity contribution is 5.42. The lowest BCUT2D eigenvalue weighted by Gasteiger charge is -2.25. The summed E-state index contributed by atoms with van der Waals surface area (Å²) in [6, 6.07) is 0. The van der Waals surface area contributed by atoms with Gasteiger partial charge in [-0.1, -0.05) is 55.2 Å². The fourth-order valence-electron chi connectivity index (χ4n) is 2.12. The largest absolute Gasteiger partial charge is 0.272 e. The summed E-state index contributed by atoms with van der Waals surface area (Å²) < 4.78 is 0. The van der Waals surface area contributed by atoms with Crippen LogP contribution in [0.4, 0.5) is 0 Å². The molecule has 17 heavy (non-hydrogen) atoms. The zero-order chi connectivity index (χ0) is 12.3. The van der Waals surface area contributed by atoms with Gasteiger partial charge in [-0.15, -0.1) is 0 Å². The minimum Gasteiger partial charge on any atom is -0.258 e. The van der Waals surface area contributed by atoms with Crippen molar-refractivity contribution in [3.05, 3.63) is 82.6 Å². The Morgan fingerprint density at radius 3 is 2.76 bits per heavy atom. The van der Waals surface area contributed by atoms with Crippen LogP contribution in [0.2, 0.25) is 0 Å². The summed E-state index contributed by atoms with van der Waals surface area (Å²) in [5.74, 6) is 0.273. The summed E-state index contributed by atoms with van der Waals surface area (Å²) >= 11 is 0. The van der Waals surface area contributed by atoms with Gasteiger partial charge in [0.15, 0.2) is 0 Å². The summed E-state index contributed by atoms with van der Waals surface area (Å²) in [7, 11) is 0. The highest BCUT2D eigenvalue weighted by Crippen LogP contribution is 2.35. The molecule has 3 heteroatoms. The molecule has 0 aromatic carbocycles. The first-order valence-corrected chi connectivity index (χ1v) is 5.45. The van der Waals surface area contributed by atoms with Gasteiger partial charge in [0.1, 0.15) is 0 Å². The Morgan fingerprint density at radius 2 is 2.06 bits per heavy atom. The van der Waals surface area contributed by atoms with Crippen LogP contribution in [0.3, 0.4) is 0 Å². The average molecular weight is 227 g/mol. The molecule has 0 saturated carbocycles. The first-order valence-electron chi connectivity index (χ1n) is 5.45. The predicted molar refractivity (Wildman–Crippen MR) is 67.8 cm³/mol. The van der Waals surface area contributed by atoms with Crippen LogP contribution in [0.1, 0.15) is 0 Å². The molecule has 2 atom stereocenters. The minimum atomic E-state index is -0.332. The lowest BCUT2D eigenvalue weighted by molar-refractivity contribution is -0.420. The number of hydrogen-bond acceptors (Lipinski definition) is 2. The zero-order valence-electron chi connectivity index (χ0n) is 9.32. The van der Waals surface area contributed by atoms with Crippen LogP contribution in [0, 0.1) is 22.0 Å². The van der Waals surface area contributed by atoms with Crippen molar-refractivity contribution in [2.45, 2.75) is 0 Å². The lowest BCUT2D eigenvalue weighted by Crippen LogP contribution is -2.19. The molecule has 2 aliphatic rings. The second-order valence-electron chi connectivity index (χ2n) is 3.92. The third-order valence-electron chi connectivity index (χ3n) is 2.92. The van der Waals surface area contributed by atoms with E-state index in [-0.39, 0.29) is 22.5 Å². The smallest absolute Gasteiger partial charge is 0.258 e. The van der Waals surface area contributed by atoms with E-state index in [1.54, 1.807) is 24.3 Å². The third kappa shape index (κ3) is 2.18. The van der Waals surface area contributed by atoms with Crippen molar-refractivity contribution in [3.63, 3.8) is 0 Å². The van der Waals surface area contributed by atoms with Gasteiger partial charge in [-0.2, -0.15) is 0 Å². The topological polar surface area (TPSA) is 43.1 Å². The SMILES string of the molecule is C=C/C=C/C1=C([N+](=O)[O-])C=CC2C=CC=CC12. The van der Waals surface area contributed by atoms with Gasteiger partial charge >= 0.3 is 0 Å². The number of hydrogen-bond donors (Lipinski definition) is 0. The second kappa shape index (κ2) is 4.78. The Bertz CT molecular complexity index is 492. The molecule has 0 saturated heterocycles. The Balaban J connectivity index is 2.46. The Labute approximate surface area is 100.0 Å². The molecule has 0 N–H and O–H groups in total. The highest BCUT2D eigenvalue weighted by atomic mass is 16.6. The van der Waals surface area contributed by atoms with Crippen LogP contribution in [-0.2, 0) is 0 Å². The fourth-order valence-corrected chi connectivity index (χ4v) is 2.12. The van der Waals surface area contributed by atoms with Gasteiger partial charge in [-0.3, -0.25) is 10.1 Å². The number of allylic oxidation sites excluding steroid dienone is 10. The van der Waals surface area contributed by atoms with Gasteiger partial charge in [0.05, 0.1) is 4.92 Å². The molecule has 0 amide bonds. The first-order chi connectivity index (χ1) is 8.24. The summed E-state index contributed by atoms with van der Waals surface area (Å²) in [6.07, 6.45) is 16.6. The quantitative estimate of drug-likeness (QED) is 0.422. The van der Waals surface area contributed by atoms with E-state index < -0.39 is 0 Å². The average Bonchev–Trinajstić information content (AvgIpc) is 2.35. The van der Waals surface area contributed by atoms with Gasteiger partial charge < -0.3 is 0 Å². The van der Waals surface area contributed by atoms with Crippen LogP contribution in [0.5, 0.6) is 0 Å². The van der Waals surface area contributed by atoms with Gasteiger partial charge in [0.25, 0.3) is 5.70 Å². The first kappa shape index (κ1) is 11.3. The van der Waals surface area contributed by atoms with Crippen molar-refractivity contribution in [2.75, 3.05) is 0 Å². The molecule has 3 nitrogen and oxygen atoms in total. The van der Waals surface area contributed by atoms with E-state index in [0.717, 1.165) is 5.57 Å². The van der Waals surface area contributed by atoms with Crippen molar-refractivity contribution in [1.82, 2.24) is 0 Å². The van der Waals surface area contributed by atoms with E-state index in [2.05, 4.69) is 12.7 Å². The summed E-state index contributed by atoms with van der Waals surface area (Å²) in [4.78, 5) is 10.7. The number of rotatable bonds is 3. The van der Waals surface area contributed by atoms with E-state index >= 15 is 0 Å². The highest BCUT2D eigenvalue weighted by Gasteiger charge is 2.29.